The molecule has 0 saturated carbocycles. The fourth-order valence-electron chi connectivity index (χ4n) is 0.746. The van der Waals surface area contributed by atoms with E-state index in [0.717, 1.165) is 11.4 Å². The van der Waals surface area contributed by atoms with Gasteiger partial charge in [-0.2, -0.15) is 0 Å². The topological polar surface area (TPSA) is 42.1 Å². The van der Waals surface area contributed by atoms with E-state index >= 15 is 0 Å². The maximum atomic E-state index is 5.44. The lowest BCUT2D eigenvalue weighted by Gasteiger charge is -2.10. The van der Waals surface area contributed by atoms with E-state index in [1.807, 2.05) is 12.1 Å². The van der Waals surface area contributed by atoms with Crippen molar-refractivity contribution in [2.75, 3.05) is 11.9 Å². The van der Waals surface area contributed by atoms with Crippen molar-refractivity contribution in [2.45, 2.75) is 6.54 Å². The second-order valence-electron chi connectivity index (χ2n) is 2.34. The molecule has 1 rings (SSSR count). The molecule has 4 heteroatoms. The van der Waals surface area contributed by atoms with Gasteiger partial charge in [-0.3, -0.25) is 0 Å². The van der Waals surface area contributed by atoms with Crippen molar-refractivity contribution in [3.05, 3.63) is 23.9 Å². The smallest absolute Gasteiger partial charge is 0.228 e. The Hall–Kier alpha value is -1.03. The molecular weight excluding hydrogens is 137 g/mol. The van der Waals surface area contributed by atoms with Crippen molar-refractivity contribution in [2.24, 2.45) is 5.73 Å². The summed E-state index contributed by atoms with van der Waals surface area (Å²) in [7, 11) is 7.19. The highest BCUT2D eigenvalue weighted by atomic mass is 15.1. The third-order valence-corrected chi connectivity index (χ3v) is 1.41. The standard InChI is InChI=1S/C7H10BN3/c1-11(8)7-3-2-6(4-9)5-10-7/h2-3,5H,4,9H2,1H3. The highest BCUT2D eigenvalue weighted by molar-refractivity contribution is 6.16. The molecule has 0 aromatic carbocycles. The van der Waals surface area contributed by atoms with Gasteiger partial charge < -0.3 is 10.5 Å². The van der Waals surface area contributed by atoms with Crippen molar-refractivity contribution in [3.63, 3.8) is 0 Å². The highest BCUT2D eigenvalue weighted by Crippen LogP contribution is 2.06. The van der Waals surface area contributed by atoms with E-state index in [4.69, 9.17) is 13.7 Å². The van der Waals surface area contributed by atoms with Gasteiger partial charge in [0, 0.05) is 12.7 Å². The second-order valence-corrected chi connectivity index (χ2v) is 2.34. The van der Waals surface area contributed by atoms with E-state index in [9.17, 15) is 0 Å². The van der Waals surface area contributed by atoms with Crippen LogP contribution in [-0.4, -0.2) is 20.0 Å². The summed E-state index contributed by atoms with van der Waals surface area (Å²) in [5, 5.41) is 0. The molecule has 56 valence electrons. The molecule has 1 heterocycles. The summed E-state index contributed by atoms with van der Waals surface area (Å²) in [6, 6.07) is 3.74. The third-order valence-electron chi connectivity index (χ3n) is 1.41. The maximum Gasteiger partial charge on any atom is 0.228 e. The number of hydrogen-bond acceptors (Lipinski definition) is 3. The molecule has 0 fully saturated rings. The molecule has 0 bridgehead atoms. The Morgan fingerprint density at radius 1 is 1.64 bits per heavy atom. The van der Waals surface area contributed by atoms with Gasteiger partial charge in [0.05, 0.1) is 0 Å². The molecule has 3 nitrogen and oxygen atoms in total. The van der Waals surface area contributed by atoms with Crippen LogP contribution in [0.3, 0.4) is 0 Å². The van der Waals surface area contributed by atoms with Gasteiger partial charge in [-0.25, -0.2) is 4.98 Å². The van der Waals surface area contributed by atoms with E-state index in [2.05, 4.69) is 4.98 Å². The summed E-state index contributed by atoms with van der Waals surface area (Å²) < 4.78 is 0. The van der Waals surface area contributed by atoms with E-state index < -0.39 is 0 Å². The minimum absolute atomic E-state index is 0.515. The molecule has 2 radical (unpaired) electrons. The summed E-state index contributed by atoms with van der Waals surface area (Å²) in [4.78, 5) is 5.53. The zero-order valence-electron chi connectivity index (χ0n) is 6.49. The molecule has 0 aliphatic carbocycles. The average molecular weight is 147 g/mol. The van der Waals surface area contributed by atoms with Crippen LogP contribution in [0.2, 0.25) is 0 Å². The fourth-order valence-corrected chi connectivity index (χ4v) is 0.746. The van der Waals surface area contributed by atoms with E-state index in [-0.39, 0.29) is 0 Å². The first-order valence-electron chi connectivity index (χ1n) is 3.37. The van der Waals surface area contributed by atoms with Crippen molar-refractivity contribution in [3.8, 4) is 0 Å². The monoisotopic (exact) mass is 147 g/mol. The van der Waals surface area contributed by atoms with E-state index in [0.29, 0.717) is 6.54 Å². The average Bonchev–Trinajstić information content (AvgIpc) is 2.05. The largest absolute Gasteiger partial charge is 0.413 e. The zero-order chi connectivity index (χ0) is 8.27. The van der Waals surface area contributed by atoms with Crippen LogP contribution in [-0.2, 0) is 6.54 Å². The van der Waals surface area contributed by atoms with Gasteiger partial charge >= 0.3 is 0 Å². The minimum Gasteiger partial charge on any atom is -0.413 e. The Kier molecular flexibility index (Phi) is 2.49. The van der Waals surface area contributed by atoms with Crippen LogP contribution in [0.5, 0.6) is 0 Å². The maximum absolute atomic E-state index is 5.44. The third kappa shape index (κ3) is 1.95. The molecule has 0 unspecified atom stereocenters. The normalized spacial score (nSPS) is 9.64. The first kappa shape index (κ1) is 8.08. The van der Waals surface area contributed by atoms with Gasteiger partial charge in [-0.05, 0) is 18.7 Å². The van der Waals surface area contributed by atoms with Crippen LogP contribution in [0.1, 0.15) is 5.56 Å². The van der Waals surface area contributed by atoms with Crippen LogP contribution in [0.4, 0.5) is 5.82 Å². The van der Waals surface area contributed by atoms with Crippen molar-refractivity contribution in [1.82, 2.24) is 4.98 Å². The lowest BCUT2D eigenvalue weighted by atomic mass is 10.2. The van der Waals surface area contributed by atoms with E-state index in [1.165, 1.54) is 4.81 Å². The summed E-state index contributed by atoms with van der Waals surface area (Å²) in [5.74, 6) is 0.738. The Balaban J connectivity index is 2.83. The van der Waals surface area contributed by atoms with Gasteiger partial charge in [-0.1, -0.05) is 6.07 Å². The van der Waals surface area contributed by atoms with Crippen LogP contribution in [0, 0.1) is 0 Å². The first-order chi connectivity index (χ1) is 5.24. The number of pyridine rings is 1. The molecule has 1 aromatic heterocycles. The summed E-state index contributed by atoms with van der Waals surface area (Å²) in [5.41, 5.74) is 6.40. The van der Waals surface area contributed by atoms with Gasteiger partial charge in [0.2, 0.25) is 7.98 Å². The van der Waals surface area contributed by atoms with E-state index in [1.54, 1.807) is 13.2 Å². The van der Waals surface area contributed by atoms with Crippen molar-refractivity contribution >= 4 is 13.8 Å². The molecular formula is C7H10BN3. The Morgan fingerprint density at radius 2 is 2.36 bits per heavy atom. The Morgan fingerprint density at radius 3 is 2.73 bits per heavy atom. The van der Waals surface area contributed by atoms with Gasteiger partial charge in [0.15, 0.2) is 0 Å². The molecule has 0 saturated heterocycles. The molecule has 0 aliphatic rings. The number of anilines is 1. The lowest BCUT2D eigenvalue weighted by Crippen LogP contribution is -2.12. The van der Waals surface area contributed by atoms with Gasteiger partial charge in [0.25, 0.3) is 0 Å². The van der Waals surface area contributed by atoms with Gasteiger partial charge in [-0.15, -0.1) is 0 Å². The van der Waals surface area contributed by atoms with Crippen LogP contribution < -0.4 is 10.5 Å². The van der Waals surface area contributed by atoms with Crippen molar-refractivity contribution in [1.29, 1.82) is 0 Å². The summed E-state index contributed by atoms with van der Waals surface area (Å²) in [6.07, 6.45) is 1.72. The van der Waals surface area contributed by atoms with Gasteiger partial charge in [0.1, 0.15) is 5.82 Å². The zero-order valence-corrected chi connectivity index (χ0v) is 6.49. The predicted molar refractivity (Wildman–Crippen MR) is 46.3 cm³/mol. The Bertz CT molecular complexity index is 220. The number of nitrogens with zero attached hydrogens (tertiary/aromatic N) is 2. The predicted octanol–water partition coefficient (Wildman–Crippen LogP) is 0.0600. The van der Waals surface area contributed by atoms with Crippen LogP contribution in [0.25, 0.3) is 0 Å². The molecule has 0 aliphatic heterocycles. The molecule has 0 amide bonds. The fraction of sp³-hybridized carbons (Fsp3) is 0.286. The molecule has 1 aromatic rings. The number of nitrogens with two attached hydrogens (primary N) is 1. The Labute approximate surface area is 67.7 Å². The van der Waals surface area contributed by atoms with Crippen LogP contribution in [0.15, 0.2) is 18.3 Å². The lowest BCUT2D eigenvalue weighted by molar-refractivity contribution is 1.04. The molecule has 0 atom stereocenters. The first-order valence-corrected chi connectivity index (χ1v) is 3.37. The second kappa shape index (κ2) is 3.39. The summed E-state index contributed by atoms with van der Waals surface area (Å²) >= 11 is 0. The molecule has 0 spiro atoms. The SMILES string of the molecule is [B]N(C)c1ccc(CN)cn1. The molecule has 2 N–H and O–H groups in total. The summed E-state index contributed by atoms with van der Waals surface area (Å²) in [6.45, 7) is 0.515. The van der Waals surface area contributed by atoms with Crippen LogP contribution >= 0.6 is 0 Å². The molecule has 11 heavy (non-hydrogen) atoms. The number of rotatable bonds is 2. The number of hydrogen-bond donors (Lipinski definition) is 1. The van der Waals surface area contributed by atoms with Crippen molar-refractivity contribution < 1.29 is 0 Å². The number of aromatic nitrogens is 1. The quantitative estimate of drug-likeness (QED) is 0.601. The highest BCUT2D eigenvalue weighted by Gasteiger charge is 1.94. The minimum atomic E-state index is 0.515.